The molecule has 16 heavy (non-hydrogen) atoms. The van der Waals surface area contributed by atoms with Gasteiger partial charge < -0.3 is 5.11 Å². The molecule has 1 atom stereocenters. The summed E-state index contributed by atoms with van der Waals surface area (Å²) in [6.45, 7) is 3.69. The van der Waals surface area contributed by atoms with E-state index in [1.807, 2.05) is 0 Å². The van der Waals surface area contributed by atoms with Crippen molar-refractivity contribution in [2.75, 3.05) is 25.9 Å². The van der Waals surface area contributed by atoms with Crippen molar-refractivity contribution in [1.82, 2.24) is 9.62 Å². The van der Waals surface area contributed by atoms with Gasteiger partial charge in [0.25, 0.3) is 0 Å². The fraction of sp³-hybridized carbons (Fsp3) is 0.875. The molecule has 0 aromatic heterocycles. The van der Waals surface area contributed by atoms with Gasteiger partial charge in [-0.15, -0.1) is 12.4 Å². The molecule has 0 saturated heterocycles. The van der Waals surface area contributed by atoms with Crippen LogP contribution in [-0.4, -0.2) is 56.3 Å². The van der Waals surface area contributed by atoms with Gasteiger partial charge in [-0.25, -0.2) is 13.1 Å². The van der Waals surface area contributed by atoms with Crippen molar-refractivity contribution in [3.05, 3.63) is 0 Å². The van der Waals surface area contributed by atoms with Crippen molar-refractivity contribution in [2.24, 2.45) is 0 Å². The molecule has 0 aliphatic heterocycles. The van der Waals surface area contributed by atoms with Crippen LogP contribution in [-0.2, 0) is 14.8 Å². The van der Waals surface area contributed by atoms with Crippen LogP contribution < -0.4 is 4.72 Å². The number of halogens is 1. The molecule has 0 amide bonds. The number of carboxylic acid groups (broad SMARTS) is 1. The number of hydrogen-bond donors (Lipinski definition) is 2. The fourth-order valence-electron chi connectivity index (χ4n) is 0.862. The van der Waals surface area contributed by atoms with Gasteiger partial charge in [0.15, 0.2) is 0 Å². The Morgan fingerprint density at radius 3 is 2.38 bits per heavy atom. The van der Waals surface area contributed by atoms with Crippen LogP contribution in [0, 0.1) is 0 Å². The van der Waals surface area contributed by atoms with E-state index in [0.29, 0.717) is 6.54 Å². The standard InChI is InChI=1S/C8H18N2O4S.ClH/c1-4-15(13,14)9-5-6-10(3)7(2)8(11)12;/h7,9H,4-6H2,1-3H3,(H,11,12);1H. The predicted octanol–water partition coefficient (Wildman–Crippen LogP) is -0.248. The molecule has 0 aliphatic carbocycles. The maximum Gasteiger partial charge on any atom is 0.320 e. The van der Waals surface area contributed by atoms with Crippen LogP contribution in [0.15, 0.2) is 0 Å². The zero-order valence-corrected chi connectivity index (χ0v) is 11.3. The van der Waals surface area contributed by atoms with Gasteiger partial charge in [-0.2, -0.15) is 0 Å². The summed E-state index contributed by atoms with van der Waals surface area (Å²) in [5.74, 6) is -0.888. The van der Waals surface area contributed by atoms with Gasteiger partial charge in [0.1, 0.15) is 6.04 Å². The van der Waals surface area contributed by atoms with Gasteiger partial charge in [-0.1, -0.05) is 0 Å². The average molecular weight is 275 g/mol. The third-order valence-corrected chi connectivity index (χ3v) is 3.59. The second-order valence-electron chi connectivity index (χ2n) is 3.29. The minimum absolute atomic E-state index is 0. The first-order valence-electron chi connectivity index (χ1n) is 4.70. The molecule has 6 nitrogen and oxygen atoms in total. The number of rotatable bonds is 7. The van der Waals surface area contributed by atoms with Crippen molar-refractivity contribution in [3.8, 4) is 0 Å². The maximum absolute atomic E-state index is 11.0. The second kappa shape index (κ2) is 7.83. The Morgan fingerprint density at radius 1 is 1.50 bits per heavy atom. The molecule has 0 rings (SSSR count). The molecule has 0 radical (unpaired) electrons. The summed E-state index contributed by atoms with van der Waals surface area (Å²) >= 11 is 0. The number of nitrogens with zero attached hydrogens (tertiary/aromatic N) is 1. The fourth-order valence-corrected chi connectivity index (χ4v) is 1.47. The number of carboxylic acids is 1. The zero-order chi connectivity index (χ0) is 12.1. The molecular weight excluding hydrogens is 256 g/mol. The van der Waals surface area contributed by atoms with E-state index >= 15 is 0 Å². The van der Waals surface area contributed by atoms with Gasteiger partial charge in [-0.3, -0.25) is 9.69 Å². The van der Waals surface area contributed by atoms with Crippen LogP contribution >= 0.6 is 12.4 Å². The normalized spacial score (nSPS) is 13.2. The third-order valence-electron chi connectivity index (χ3n) is 2.19. The first-order chi connectivity index (χ1) is 6.80. The molecule has 0 fully saturated rings. The van der Waals surface area contributed by atoms with E-state index in [2.05, 4.69) is 4.72 Å². The number of carbonyl (C=O) groups is 1. The van der Waals surface area contributed by atoms with Crippen LogP contribution in [0.2, 0.25) is 0 Å². The molecule has 0 aromatic rings. The Balaban J connectivity index is 0. The van der Waals surface area contributed by atoms with Crippen LogP contribution in [0.1, 0.15) is 13.8 Å². The lowest BCUT2D eigenvalue weighted by molar-refractivity contribution is -0.142. The van der Waals surface area contributed by atoms with Crippen molar-refractivity contribution < 1.29 is 18.3 Å². The molecule has 98 valence electrons. The first-order valence-corrected chi connectivity index (χ1v) is 6.35. The number of hydrogen-bond acceptors (Lipinski definition) is 4. The molecule has 0 saturated carbocycles. The van der Waals surface area contributed by atoms with E-state index in [-0.39, 0.29) is 24.7 Å². The minimum Gasteiger partial charge on any atom is -0.480 e. The predicted molar refractivity (Wildman–Crippen MR) is 64.4 cm³/mol. The van der Waals surface area contributed by atoms with Crippen molar-refractivity contribution >= 4 is 28.4 Å². The lowest BCUT2D eigenvalue weighted by atomic mass is 10.3. The van der Waals surface area contributed by atoms with Crippen LogP contribution in [0.25, 0.3) is 0 Å². The van der Waals surface area contributed by atoms with E-state index in [1.54, 1.807) is 25.8 Å². The number of nitrogens with one attached hydrogen (secondary N) is 1. The molecule has 0 bridgehead atoms. The largest absolute Gasteiger partial charge is 0.480 e. The number of likely N-dealkylation sites (N-methyl/N-ethyl adjacent to an activating group) is 1. The Kier molecular flexibility index (Phi) is 8.81. The van der Waals surface area contributed by atoms with Gasteiger partial charge in [0, 0.05) is 13.1 Å². The van der Waals surface area contributed by atoms with Crippen LogP contribution in [0.5, 0.6) is 0 Å². The molecule has 0 spiro atoms. The summed E-state index contributed by atoms with van der Waals surface area (Å²) < 4.78 is 24.4. The van der Waals surface area contributed by atoms with E-state index in [0.717, 1.165) is 0 Å². The summed E-state index contributed by atoms with van der Waals surface area (Å²) in [6.07, 6.45) is 0. The highest BCUT2D eigenvalue weighted by Crippen LogP contribution is 1.94. The Hall–Kier alpha value is -0.370. The minimum atomic E-state index is -3.19. The molecule has 1 unspecified atom stereocenters. The number of aliphatic carboxylic acids is 1. The highest BCUT2D eigenvalue weighted by atomic mass is 35.5. The topological polar surface area (TPSA) is 86.7 Å². The average Bonchev–Trinajstić information content (AvgIpc) is 2.16. The third kappa shape index (κ3) is 7.00. The van der Waals surface area contributed by atoms with E-state index in [4.69, 9.17) is 5.11 Å². The Labute approximate surface area is 102 Å². The molecule has 2 N–H and O–H groups in total. The van der Waals surface area contributed by atoms with E-state index in [9.17, 15) is 13.2 Å². The van der Waals surface area contributed by atoms with Crippen LogP contribution in [0.3, 0.4) is 0 Å². The smallest absolute Gasteiger partial charge is 0.320 e. The highest BCUT2D eigenvalue weighted by molar-refractivity contribution is 7.89. The molecule has 8 heteroatoms. The maximum atomic E-state index is 11.0. The van der Waals surface area contributed by atoms with Crippen LogP contribution in [0.4, 0.5) is 0 Å². The van der Waals surface area contributed by atoms with Gasteiger partial charge in [0.05, 0.1) is 5.75 Å². The van der Waals surface area contributed by atoms with Crippen molar-refractivity contribution in [2.45, 2.75) is 19.9 Å². The highest BCUT2D eigenvalue weighted by Gasteiger charge is 2.16. The summed E-state index contributed by atoms with van der Waals surface area (Å²) in [5, 5.41) is 8.68. The summed E-state index contributed by atoms with van der Waals surface area (Å²) in [7, 11) is -1.55. The summed E-state index contributed by atoms with van der Waals surface area (Å²) in [4.78, 5) is 12.1. The van der Waals surface area contributed by atoms with Gasteiger partial charge in [-0.05, 0) is 20.9 Å². The molecule has 0 heterocycles. The Bertz CT molecular complexity index is 307. The summed E-state index contributed by atoms with van der Waals surface area (Å²) in [6, 6.07) is -0.615. The molecule has 0 aromatic carbocycles. The lowest BCUT2D eigenvalue weighted by Gasteiger charge is -2.20. The van der Waals surface area contributed by atoms with E-state index in [1.165, 1.54) is 0 Å². The van der Waals surface area contributed by atoms with Crippen molar-refractivity contribution in [1.29, 1.82) is 0 Å². The van der Waals surface area contributed by atoms with E-state index < -0.39 is 22.0 Å². The quantitative estimate of drug-likeness (QED) is 0.669. The van der Waals surface area contributed by atoms with Gasteiger partial charge >= 0.3 is 5.97 Å². The first kappa shape index (κ1) is 18.0. The Morgan fingerprint density at radius 2 is 2.00 bits per heavy atom. The number of sulfonamides is 1. The second-order valence-corrected chi connectivity index (χ2v) is 5.39. The SMILES string of the molecule is CCS(=O)(=O)NCCN(C)C(C)C(=O)O.Cl. The monoisotopic (exact) mass is 274 g/mol. The molecular formula is C8H19ClN2O4S. The lowest BCUT2D eigenvalue weighted by Crippen LogP contribution is -2.41. The van der Waals surface area contributed by atoms with Gasteiger partial charge in [0.2, 0.25) is 10.0 Å². The summed E-state index contributed by atoms with van der Waals surface area (Å²) in [5.41, 5.74) is 0. The molecule has 0 aliphatic rings. The zero-order valence-electron chi connectivity index (χ0n) is 9.63. The van der Waals surface area contributed by atoms with Crippen molar-refractivity contribution in [3.63, 3.8) is 0 Å².